The molecule has 0 radical (unpaired) electrons. The van der Waals surface area contributed by atoms with Crippen molar-refractivity contribution >= 4 is 21.8 Å². The number of rotatable bonds is 10. The zero-order valence-corrected chi connectivity index (χ0v) is 17.6. The number of sulfonamides is 1. The Morgan fingerprint density at radius 1 is 1.14 bits per heavy atom. The molecule has 1 fully saturated rings. The van der Waals surface area contributed by atoms with Crippen LogP contribution in [0.4, 0.5) is 0 Å². The Bertz CT molecular complexity index is 866. The van der Waals surface area contributed by atoms with Crippen molar-refractivity contribution in [2.24, 2.45) is 0 Å². The Morgan fingerprint density at radius 3 is 2.45 bits per heavy atom. The smallest absolute Gasteiger partial charge is 0.252 e. The highest BCUT2D eigenvalue weighted by molar-refractivity contribution is 7.89. The van der Waals surface area contributed by atoms with E-state index in [0.717, 1.165) is 23.6 Å². The first kappa shape index (κ1) is 22.8. The number of likely N-dealkylation sites (N-methyl/N-ethyl adjacent to an activating group) is 1. The van der Waals surface area contributed by atoms with Crippen molar-refractivity contribution in [1.82, 2.24) is 14.9 Å². The highest BCUT2D eigenvalue weighted by Gasteiger charge is 2.32. The van der Waals surface area contributed by atoms with Gasteiger partial charge in [0.25, 0.3) is 5.91 Å². The third-order valence-corrected chi connectivity index (χ3v) is 6.84. The third-order valence-electron chi connectivity index (χ3n) is 4.96. The van der Waals surface area contributed by atoms with E-state index in [4.69, 9.17) is 0 Å². The van der Waals surface area contributed by atoms with Crippen molar-refractivity contribution < 1.29 is 18.0 Å². The zero-order valence-electron chi connectivity index (χ0n) is 16.8. The number of amides is 2. The lowest BCUT2D eigenvalue weighted by molar-refractivity contribution is -0.121. The summed E-state index contributed by atoms with van der Waals surface area (Å²) in [5.41, 5.74) is 0.0899. The predicted octanol–water partition coefficient (Wildman–Crippen LogP) is 2.23. The Kier molecular flexibility index (Phi) is 8.16. The largest absolute Gasteiger partial charge is 0.351 e. The maximum Gasteiger partial charge on any atom is 0.252 e. The van der Waals surface area contributed by atoms with Crippen LogP contribution in [0.25, 0.3) is 0 Å². The fraction of sp³-hybridized carbons (Fsp3) is 0.429. The van der Waals surface area contributed by atoms with Gasteiger partial charge in [-0.2, -0.15) is 4.31 Å². The average molecular weight is 420 g/mol. The molecule has 0 aliphatic heterocycles. The van der Waals surface area contributed by atoms with Crippen LogP contribution in [0.1, 0.15) is 42.5 Å². The molecule has 2 amide bonds. The van der Waals surface area contributed by atoms with Crippen molar-refractivity contribution in [2.45, 2.75) is 49.1 Å². The summed E-state index contributed by atoms with van der Waals surface area (Å²) in [7, 11) is -2.39. The molecule has 0 spiro atoms. The summed E-state index contributed by atoms with van der Waals surface area (Å²) in [5, 5.41) is 5.87. The van der Waals surface area contributed by atoms with Gasteiger partial charge in [0.15, 0.2) is 0 Å². The molecule has 1 aliphatic carbocycles. The lowest BCUT2D eigenvalue weighted by Gasteiger charge is -2.23. The number of nitrogens with one attached hydrogen (secondary N) is 2. The maximum atomic E-state index is 12.9. The molecule has 1 saturated carbocycles. The number of benzene rings is 1. The molecule has 8 heteroatoms. The highest BCUT2D eigenvalue weighted by Crippen LogP contribution is 2.23. The molecule has 1 aromatic carbocycles. The molecule has 158 valence electrons. The minimum Gasteiger partial charge on any atom is -0.351 e. The molecule has 2 N–H and O–H groups in total. The lowest BCUT2D eigenvalue weighted by Crippen LogP contribution is -2.48. The first-order valence-corrected chi connectivity index (χ1v) is 11.1. The van der Waals surface area contributed by atoms with Crippen LogP contribution in [-0.4, -0.2) is 50.2 Å². The number of nitrogens with zero attached hydrogens (tertiary/aromatic N) is 1. The van der Waals surface area contributed by atoms with Gasteiger partial charge in [-0.25, -0.2) is 8.42 Å². The molecule has 1 aromatic rings. The van der Waals surface area contributed by atoms with Gasteiger partial charge in [-0.15, -0.1) is 13.2 Å². The number of hydrogen-bond acceptors (Lipinski definition) is 4. The SMILES string of the molecule is C=CCCC(=O)N[C@H]1CCC[C@H]1NC(=O)c1ccccc1S(=O)(=O)N(C)CC=C. The van der Waals surface area contributed by atoms with Gasteiger partial charge < -0.3 is 10.6 Å². The van der Waals surface area contributed by atoms with Crippen molar-refractivity contribution in [3.63, 3.8) is 0 Å². The molecule has 29 heavy (non-hydrogen) atoms. The average Bonchev–Trinajstić information content (AvgIpc) is 3.12. The van der Waals surface area contributed by atoms with Crippen molar-refractivity contribution in [1.29, 1.82) is 0 Å². The van der Waals surface area contributed by atoms with Gasteiger partial charge >= 0.3 is 0 Å². The van der Waals surface area contributed by atoms with E-state index in [0.29, 0.717) is 12.8 Å². The molecule has 1 aliphatic rings. The minimum absolute atomic E-state index is 0.0496. The number of hydrogen-bond donors (Lipinski definition) is 2. The van der Waals surface area contributed by atoms with Gasteiger partial charge in [0, 0.05) is 32.1 Å². The van der Waals surface area contributed by atoms with E-state index < -0.39 is 15.9 Å². The molecule has 0 heterocycles. The summed E-state index contributed by atoms with van der Waals surface area (Å²) in [6.07, 6.45) is 6.50. The van der Waals surface area contributed by atoms with Crippen LogP contribution in [0.15, 0.2) is 54.5 Å². The van der Waals surface area contributed by atoms with Gasteiger partial charge in [0.2, 0.25) is 15.9 Å². The molecule has 2 atom stereocenters. The van der Waals surface area contributed by atoms with Gasteiger partial charge in [-0.1, -0.05) is 24.3 Å². The molecular formula is C21H29N3O4S. The second-order valence-electron chi connectivity index (χ2n) is 7.08. The summed E-state index contributed by atoms with van der Waals surface area (Å²) in [6, 6.07) is 5.73. The van der Waals surface area contributed by atoms with E-state index in [1.165, 1.54) is 25.3 Å². The molecular weight excluding hydrogens is 390 g/mol. The van der Waals surface area contributed by atoms with E-state index in [1.54, 1.807) is 18.2 Å². The Balaban J connectivity index is 2.16. The molecule has 0 unspecified atom stereocenters. The summed E-state index contributed by atoms with van der Waals surface area (Å²) >= 11 is 0. The first-order chi connectivity index (χ1) is 13.8. The minimum atomic E-state index is -3.83. The van der Waals surface area contributed by atoms with Gasteiger partial charge in [-0.05, 0) is 37.8 Å². The van der Waals surface area contributed by atoms with E-state index in [2.05, 4.69) is 23.8 Å². The number of allylic oxidation sites excluding steroid dienone is 1. The molecule has 0 bridgehead atoms. The van der Waals surface area contributed by atoms with E-state index in [-0.39, 0.29) is 35.0 Å². The standard InChI is InChI=1S/C21H29N3O4S/c1-4-6-14-20(25)22-17-11-9-12-18(17)23-21(26)16-10-7-8-13-19(16)29(27,28)24(3)15-5-2/h4-5,7-8,10,13,17-18H,1-2,6,9,11-12,14-15H2,3H3,(H,22,25)(H,23,26)/t17-,18+/m0/s1. The Morgan fingerprint density at radius 2 is 1.79 bits per heavy atom. The van der Waals surface area contributed by atoms with Crippen molar-refractivity contribution in [3.8, 4) is 0 Å². The van der Waals surface area contributed by atoms with Crippen molar-refractivity contribution in [2.75, 3.05) is 13.6 Å². The van der Waals surface area contributed by atoms with Gasteiger partial charge in [-0.3, -0.25) is 9.59 Å². The van der Waals surface area contributed by atoms with Crippen LogP contribution in [0.5, 0.6) is 0 Å². The van der Waals surface area contributed by atoms with Crippen LogP contribution < -0.4 is 10.6 Å². The van der Waals surface area contributed by atoms with Crippen LogP contribution >= 0.6 is 0 Å². The summed E-state index contributed by atoms with van der Waals surface area (Å²) in [4.78, 5) is 24.9. The fourth-order valence-electron chi connectivity index (χ4n) is 3.39. The molecule has 0 aromatic heterocycles. The summed E-state index contributed by atoms with van der Waals surface area (Å²) in [5.74, 6) is -0.543. The number of carbonyl (C=O) groups excluding carboxylic acids is 2. The van der Waals surface area contributed by atoms with Crippen LogP contribution in [-0.2, 0) is 14.8 Å². The zero-order chi connectivity index (χ0) is 21.4. The first-order valence-electron chi connectivity index (χ1n) is 9.68. The molecule has 2 rings (SSSR count). The van der Waals surface area contributed by atoms with E-state index >= 15 is 0 Å². The second kappa shape index (κ2) is 10.4. The fourth-order valence-corrected chi connectivity index (χ4v) is 4.72. The number of carbonyl (C=O) groups is 2. The second-order valence-corrected chi connectivity index (χ2v) is 9.10. The van der Waals surface area contributed by atoms with Crippen LogP contribution in [0.3, 0.4) is 0 Å². The Labute approximate surface area is 172 Å². The third kappa shape index (κ3) is 5.77. The van der Waals surface area contributed by atoms with Crippen molar-refractivity contribution in [3.05, 3.63) is 55.1 Å². The highest BCUT2D eigenvalue weighted by atomic mass is 32.2. The molecule has 7 nitrogen and oxygen atoms in total. The Hall–Kier alpha value is -2.45. The topological polar surface area (TPSA) is 95.6 Å². The molecule has 0 saturated heterocycles. The van der Waals surface area contributed by atoms with Crippen LogP contribution in [0.2, 0.25) is 0 Å². The summed E-state index contributed by atoms with van der Waals surface area (Å²) in [6.45, 7) is 7.31. The van der Waals surface area contributed by atoms with E-state index in [1.807, 2.05) is 0 Å². The quantitative estimate of drug-likeness (QED) is 0.569. The predicted molar refractivity (Wildman–Crippen MR) is 113 cm³/mol. The van der Waals surface area contributed by atoms with Crippen LogP contribution in [0, 0.1) is 0 Å². The van der Waals surface area contributed by atoms with Gasteiger partial charge in [0.1, 0.15) is 0 Å². The van der Waals surface area contributed by atoms with E-state index in [9.17, 15) is 18.0 Å². The normalized spacial score (nSPS) is 19.0. The maximum absolute atomic E-state index is 12.9. The van der Waals surface area contributed by atoms with Gasteiger partial charge in [0.05, 0.1) is 10.5 Å². The monoisotopic (exact) mass is 419 g/mol. The summed E-state index contributed by atoms with van der Waals surface area (Å²) < 4.78 is 26.8. The lowest BCUT2D eigenvalue weighted by atomic mass is 10.1.